The molecule has 1 radical (unpaired) electrons. The fourth-order valence-corrected chi connectivity index (χ4v) is 0. The van der Waals surface area contributed by atoms with E-state index < -0.39 is 0 Å². The maximum absolute atomic E-state index is 8.12. The van der Waals surface area contributed by atoms with Crippen LogP contribution in [0.4, 0.5) is 0 Å². The number of hydrogen-bond donors (Lipinski definition) is 1. The second kappa shape index (κ2) is 21.4. The minimum absolute atomic E-state index is 0. The van der Waals surface area contributed by atoms with Crippen LogP contribution < -0.4 is 5.34 Å². The summed E-state index contributed by atoms with van der Waals surface area (Å²) in [6, 6.07) is 0. The molecule has 1 N–H and O–H groups in total. The van der Waals surface area contributed by atoms with Gasteiger partial charge in [0.25, 0.3) is 0 Å². The first kappa shape index (κ1) is 17.0. The molecule has 0 aliphatic carbocycles. The van der Waals surface area contributed by atoms with E-state index in [1.807, 2.05) is 0 Å². The molecule has 0 bridgehead atoms. The van der Waals surface area contributed by atoms with Gasteiger partial charge in [-0.15, -0.1) is 0 Å². The zero-order valence-electron chi connectivity index (χ0n) is 1.89. The van der Waals surface area contributed by atoms with Crippen LogP contribution in [0.1, 0.15) is 0 Å². The molecule has 27 valence electrons. The van der Waals surface area contributed by atoms with Crippen LogP contribution in [0.3, 0.4) is 0 Å². The summed E-state index contributed by atoms with van der Waals surface area (Å²) in [4.78, 5) is 8.12. The third-order valence-corrected chi connectivity index (χ3v) is 0. The Hall–Kier alpha value is 0.803. The van der Waals surface area contributed by atoms with Gasteiger partial charge >= 0.3 is 0 Å². The quantitative estimate of drug-likeness (QED) is 0.213. The Bertz CT molecular complexity index is 17.1. The summed E-state index contributed by atoms with van der Waals surface area (Å²) in [6.45, 7) is 0. The summed E-state index contributed by atoms with van der Waals surface area (Å²) in [5.41, 5.74) is 0. The summed E-state index contributed by atoms with van der Waals surface area (Å²) in [6.07, 6.45) is 0. The van der Waals surface area contributed by atoms with Crippen LogP contribution in [0.25, 0.3) is 0 Å². The molecule has 0 aliphatic rings. The first-order valence-corrected chi connectivity index (χ1v) is 0.408. The van der Waals surface area contributed by atoms with E-state index in [2.05, 4.69) is 0 Å². The normalized spacial score (nSPS) is 2.40. The molecule has 0 aromatic heterocycles. The molecule has 0 rings (SSSR count). The van der Waals surface area contributed by atoms with Crippen molar-refractivity contribution in [2.24, 2.45) is 0 Å². The van der Waals surface area contributed by atoms with Crippen LogP contribution in [-0.4, -0.2) is 17.4 Å². The number of nitrogens with one attached hydrogen (secondary N) is 1. The van der Waals surface area contributed by atoms with Crippen LogP contribution in [0.5, 0.6) is 0 Å². The Balaban J connectivity index is -0.0000000200. The van der Waals surface area contributed by atoms with E-state index in [0.29, 0.717) is 0 Å². The SMILES string of the molecule is O=[NH+][O-].[AlH3].[Sc]. The zero-order chi connectivity index (χ0) is 2.71. The summed E-state index contributed by atoms with van der Waals surface area (Å²) < 4.78 is 0. The van der Waals surface area contributed by atoms with Gasteiger partial charge in [-0.25, -0.2) is 0 Å². The molecule has 0 aromatic carbocycles. The third-order valence-electron chi connectivity index (χ3n) is 0. The van der Waals surface area contributed by atoms with Crippen molar-refractivity contribution in [3.05, 3.63) is 10.1 Å². The van der Waals surface area contributed by atoms with Crippen LogP contribution in [0.15, 0.2) is 0 Å². The van der Waals surface area contributed by atoms with Crippen molar-refractivity contribution in [3.8, 4) is 0 Å². The molecule has 0 spiro atoms. The van der Waals surface area contributed by atoms with E-state index in [4.69, 9.17) is 10.1 Å². The van der Waals surface area contributed by atoms with Gasteiger partial charge in [-0.3, -0.25) is 10.1 Å². The van der Waals surface area contributed by atoms with Crippen molar-refractivity contribution >= 4 is 17.4 Å². The molecule has 0 unspecified atom stereocenters. The summed E-state index contributed by atoms with van der Waals surface area (Å²) >= 11 is 0. The predicted molar refractivity (Wildman–Crippen MR) is 17.6 cm³/mol. The fourth-order valence-electron chi connectivity index (χ4n) is 0. The summed E-state index contributed by atoms with van der Waals surface area (Å²) in [7, 11) is 0. The Labute approximate surface area is 58.6 Å². The van der Waals surface area contributed by atoms with Crippen LogP contribution in [0.2, 0.25) is 0 Å². The van der Waals surface area contributed by atoms with Gasteiger partial charge in [0.2, 0.25) is 0 Å². The van der Waals surface area contributed by atoms with E-state index in [9.17, 15) is 0 Å². The van der Waals surface area contributed by atoms with Gasteiger partial charge in [0, 0.05) is 31.2 Å². The number of hydrogen-bond acceptors (Lipinski definition) is 2. The van der Waals surface area contributed by atoms with Gasteiger partial charge in [0.15, 0.2) is 17.4 Å². The topological polar surface area (TPSA) is 54.1 Å². The van der Waals surface area contributed by atoms with Gasteiger partial charge in [0.05, 0.1) is 0 Å². The first-order chi connectivity index (χ1) is 1.41. The van der Waals surface area contributed by atoms with Crippen molar-refractivity contribution in [3.63, 3.8) is 0 Å². The second-order valence-electron chi connectivity index (χ2n) is 0.0833. The van der Waals surface area contributed by atoms with Crippen molar-refractivity contribution in [1.29, 1.82) is 0 Å². The average molecular weight is 122 g/mol. The maximum Gasteiger partial charge on any atom is 0.187 e. The summed E-state index contributed by atoms with van der Waals surface area (Å²) in [5.74, 6) is 0. The third kappa shape index (κ3) is 58.6. The number of rotatable bonds is 0. The Morgan fingerprint density at radius 3 is 1.60 bits per heavy atom. The van der Waals surface area contributed by atoms with Gasteiger partial charge in [-0.1, -0.05) is 0 Å². The predicted octanol–water partition coefficient (Wildman–Crippen LogP) is -2.86. The standard InChI is InChI=1S/Al.HNO2.Sc.3H/c;2-1-3;;;;/h;1H;;;;. The molecule has 0 atom stereocenters. The molecule has 0 heterocycles. The molecular formula is H4AlNO2Sc. The molecule has 3 nitrogen and oxygen atoms in total. The monoisotopic (exact) mass is 122 g/mol. The van der Waals surface area contributed by atoms with E-state index >= 15 is 0 Å². The second-order valence-corrected chi connectivity index (χ2v) is 0.0833. The Morgan fingerprint density at radius 1 is 1.60 bits per heavy atom. The largest absolute Gasteiger partial charge is 0.267 e. The Morgan fingerprint density at radius 2 is 1.60 bits per heavy atom. The molecule has 5 heavy (non-hydrogen) atoms. The van der Waals surface area contributed by atoms with Gasteiger partial charge in [-0.2, -0.15) is 0 Å². The van der Waals surface area contributed by atoms with Crippen LogP contribution in [-0.2, 0) is 25.8 Å². The molecule has 0 aliphatic heterocycles. The van der Waals surface area contributed by atoms with E-state index in [1.165, 1.54) is 0 Å². The molecule has 0 fully saturated rings. The van der Waals surface area contributed by atoms with Gasteiger partial charge < -0.3 is 0 Å². The molecule has 0 aromatic rings. The van der Waals surface area contributed by atoms with Crippen molar-refractivity contribution in [2.45, 2.75) is 0 Å². The van der Waals surface area contributed by atoms with Gasteiger partial charge in [0.1, 0.15) is 0 Å². The first-order valence-electron chi connectivity index (χ1n) is 0.408. The minimum atomic E-state index is 0. The zero-order valence-corrected chi connectivity index (χ0v) is 3.70. The minimum Gasteiger partial charge on any atom is -0.267 e. The average Bonchev–Trinajstić information content (AvgIpc) is 0.918. The van der Waals surface area contributed by atoms with Crippen LogP contribution >= 0.6 is 0 Å². The molecular weight excluding hydrogens is 118 g/mol. The van der Waals surface area contributed by atoms with Crippen molar-refractivity contribution < 1.29 is 31.2 Å². The van der Waals surface area contributed by atoms with Crippen molar-refractivity contribution in [1.82, 2.24) is 0 Å². The smallest absolute Gasteiger partial charge is 0.187 e. The van der Waals surface area contributed by atoms with E-state index in [1.54, 1.807) is 0 Å². The molecule has 0 saturated heterocycles. The molecule has 0 amide bonds. The van der Waals surface area contributed by atoms with Gasteiger partial charge in [-0.05, 0) is 0 Å². The Kier molecular flexibility index (Phi) is 72.8. The van der Waals surface area contributed by atoms with E-state index in [-0.39, 0.29) is 48.5 Å². The maximum atomic E-state index is 8.12. The van der Waals surface area contributed by atoms with Crippen LogP contribution in [0, 0.1) is 10.1 Å². The molecule has 5 heteroatoms. The van der Waals surface area contributed by atoms with Crippen molar-refractivity contribution in [2.75, 3.05) is 0 Å². The fraction of sp³-hybridized carbons (Fsp3) is 0. The summed E-state index contributed by atoms with van der Waals surface area (Å²) in [5, 5.41) is 8.38. The van der Waals surface area contributed by atoms with E-state index in [0.717, 1.165) is 0 Å². The molecule has 0 saturated carbocycles.